The number of fused-ring (bicyclic) bond motifs is 5. The van der Waals surface area contributed by atoms with E-state index in [9.17, 15) is 0 Å². The van der Waals surface area contributed by atoms with Gasteiger partial charge in [0.15, 0.2) is 5.82 Å². The second-order valence-corrected chi connectivity index (χ2v) is 13.2. The molecule has 10 rings (SSSR count). The Hall–Kier alpha value is -6.97. The first-order valence-electron chi connectivity index (χ1n) is 17.6. The van der Waals surface area contributed by atoms with Crippen molar-refractivity contribution in [1.82, 2.24) is 15.0 Å². The number of benzene rings is 8. The zero-order valence-electron chi connectivity index (χ0n) is 28.2. The van der Waals surface area contributed by atoms with Gasteiger partial charge in [-0.2, -0.15) is 0 Å². The second-order valence-electron chi connectivity index (χ2n) is 13.2. The molecule has 0 unspecified atom stereocenters. The van der Waals surface area contributed by atoms with Crippen molar-refractivity contribution >= 4 is 43.2 Å². The van der Waals surface area contributed by atoms with E-state index in [0.29, 0.717) is 5.82 Å². The average Bonchev–Trinajstić information content (AvgIpc) is 3.23. The lowest BCUT2D eigenvalue weighted by Gasteiger charge is -2.14. The summed E-state index contributed by atoms with van der Waals surface area (Å²) >= 11 is 0. The van der Waals surface area contributed by atoms with Gasteiger partial charge in [0.25, 0.3) is 0 Å². The van der Waals surface area contributed by atoms with Crippen molar-refractivity contribution in [3.63, 3.8) is 0 Å². The summed E-state index contributed by atoms with van der Waals surface area (Å²) in [5.74, 6) is 0.699. The summed E-state index contributed by atoms with van der Waals surface area (Å²) in [6, 6.07) is 66.2. The molecule has 0 saturated carbocycles. The SMILES string of the molecule is c1ccc(-c2cc(-c3cccc(-c4cc(-c5cccc6ccccc56)nc(-c5cccc6ccccc56)n4)c3)nc3ccc4ccccc4c23)cc1. The van der Waals surface area contributed by atoms with Crippen molar-refractivity contribution in [3.05, 3.63) is 188 Å². The van der Waals surface area contributed by atoms with E-state index in [4.69, 9.17) is 15.0 Å². The maximum atomic E-state index is 5.28. The molecule has 52 heavy (non-hydrogen) atoms. The van der Waals surface area contributed by atoms with Crippen molar-refractivity contribution in [2.24, 2.45) is 0 Å². The van der Waals surface area contributed by atoms with Crippen LogP contribution in [0.3, 0.4) is 0 Å². The summed E-state index contributed by atoms with van der Waals surface area (Å²) < 4.78 is 0. The number of aromatic nitrogens is 3. The van der Waals surface area contributed by atoms with Gasteiger partial charge < -0.3 is 0 Å². The molecular formula is C49H31N3. The molecule has 0 fully saturated rings. The van der Waals surface area contributed by atoms with Gasteiger partial charge in [-0.3, -0.25) is 0 Å². The van der Waals surface area contributed by atoms with Crippen LogP contribution >= 0.6 is 0 Å². The maximum Gasteiger partial charge on any atom is 0.161 e. The van der Waals surface area contributed by atoms with Gasteiger partial charge in [0.05, 0.1) is 22.6 Å². The first-order chi connectivity index (χ1) is 25.8. The molecular weight excluding hydrogens is 631 g/mol. The summed E-state index contributed by atoms with van der Waals surface area (Å²) in [7, 11) is 0. The molecule has 0 saturated heterocycles. The quantitative estimate of drug-likeness (QED) is 0.172. The largest absolute Gasteiger partial charge is 0.248 e. The van der Waals surface area contributed by atoms with E-state index >= 15 is 0 Å². The molecule has 0 N–H and O–H groups in total. The Labute approximate surface area is 301 Å². The molecule has 2 heterocycles. The van der Waals surface area contributed by atoms with Gasteiger partial charge in [-0.15, -0.1) is 0 Å². The molecule has 0 amide bonds. The van der Waals surface area contributed by atoms with E-state index in [2.05, 4.69) is 188 Å². The van der Waals surface area contributed by atoms with Crippen molar-refractivity contribution in [3.8, 4) is 56.3 Å². The molecule has 0 atom stereocenters. The normalized spacial score (nSPS) is 11.5. The predicted molar refractivity (Wildman–Crippen MR) is 217 cm³/mol. The minimum absolute atomic E-state index is 0.699. The number of hydrogen-bond acceptors (Lipinski definition) is 3. The Morgan fingerprint density at radius 1 is 0.288 bits per heavy atom. The minimum Gasteiger partial charge on any atom is -0.248 e. The maximum absolute atomic E-state index is 5.28. The van der Waals surface area contributed by atoms with Crippen LogP contribution in [0.2, 0.25) is 0 Å². The highest BCUT2D eigenvalue weighted by Crippen LogP contribution is 2.38. The van der Waals surface area contributed by atoms with Crippen LogP contribution in [0, 0.1) is 0 Å². The zero-order chi connectivity index (χ0) is 34.4. The molecule has 10 aromatic rings. The summed E-state index contributed by atoms with van der Waals surface area (Å²) in [4.78, 5) is 15.8. The fourth-order valence-corrected chi connectivity index (χ4v) is 7.56. The van der Waals surface area contributed by atoms with E-state index in [0.717, 1.165) is 61.0 Å². The Bertz CT molecular complexity index is 2860. The van der Waals surface area contributed by atoms with E-state index in [-0.39, 0.29) is 0 Å². The van der Waals surface area contributed by atoms with Gasteiger partial charge >= 0.3 is 0 Å². The minimum atomic E-state index is 0.699. The van der Waals surface area contributed by atoms with Crippen LogP contribution < -0.4 is 0 Å². The first kappa shape index (κ1) is 29.9. The molecule has 3 heteroatoms. The fourth-order valence-electron chi connectivity index (χ4n) is 7.56. The standard InChI is InChI=1S/C49H31N3/c1-2-13-34(14-3-1)43-30-45(50-44-28-27-35-17-6-9-24-40(35)48(43)44)36-20-10-21-37(29-36)46-31-47(41-25-11-18-32-15-4-7-22-38(32)41)52-49(51-46)42-26-12-19-33-16-5-8-23-39(33)42/h1-31H. The smallest absolute Gasteiger partial charge is 0.161 e. The number of pyridine rings is 1. The Kier molecular flexibility index (Phi) is 7.14. The lowest BCUT2D eigenvalue weighted by molar-refractivity contribution is 1.19. The van der Waals surface area contributed by atoms with Gasteiger partial charge in [-0.25, -0.2) is 15.0 Å². The molecule has 242 valence electrons. The third kappa shape index (κ3) is 5.19. The van der Waals surface area contributed by atoms with Crippen LogP contribution in [0.4, 0.5) is 0 Å². The van der Waals surface area contributed by atoms with Crippen molar-refractivity contribution in [2.75, 3.05) is 0 Å². The van der Waals surface area contributed by atoms with Gasteiger partial charge in [-0.1, -0.05) is 164 Å². The molecule has 3 nitrogen and oxygen atoms in total. The second kappa shape index (κ2) is 12.4. The Morgan fingerprint density at radius 3 is 1.54 bits per heavy atom. The van der Waals surface area contributed by atoms with E-state index < -0.39 is 0 Å². The molecule has 0 aliphatic heterocycles. The molecule has 2 aromatic heterocycles. The summed E-state index contributed by atoms with van der Waals surface area (Å²) in [6.45, 7) is 0. The Morgan fingerprint density at radius 2 is 0.808 bits per heavy atom. The van der Waals surface area contributed by atoms with Crippen LogP contribution in [-0.2, 0) is 0 Å². The van der Waals surface area contributed by atoms with Crippen molar-refractivity contribution < 1.29 is 0 Å². The van der Waals surface area contributed by atoms with Gasteiger partial charge in [0, 0.05) is 27.6 Å². The molecule has 0 aliphatic rings. The monoisotopic (exact) mass is 661 g/mol. The van der Waals surface area contributed by atoms with Crippen molar-refractivity contribution in [2.45, 2.75) is 0 Å². The molecule has 0 aliphatic carbocycles. The van der Waals surface area contributed by atoms with E-state index in [1.807, 2.05) is 0 Å². The third-order valence-corrected chi connectivity index (χ3v) is 10.1. The van der Waals surface area contributed by atoms with Crippen LogP contribution in [-0.4, -0.2) is 15.0 Å². The summed E-state index contributed by atoms with van der Waals surface area (Å²) in [6.07, 6.45) is 0. The highest BCUT2D eigenvalue weighted by atomic mass is 14.9. The average molecular weight is 662 g/mol. The number of nitrogens with zero attached hydrogens (tertiary/aromatic N) is 3. The highest BCUT2D eigenvalue weighted by molar-refractivity contribution is 6.14. The zero-order valence-corrected chi connectivity index (χ0v) is 28.2. The fraction of sp³-hybridized carbons (Fsp3) is 0. The topological polar surface area (TPSA) is 38.7 Å². The third-order valence-electron chi connectivity index (χ3n) is 10.1. The lowest BCUT2D eigenvalue weighted by Crippen LogP contribution is -1.97. The van der Waals surface area contributed by atoms with Crippen LogP contribution in [0.1, 0.15) is 0 Å². The molecule has 0 radical (unpaired) electrons. The van der Waals surface area contributed by atoms with Crippen molar-refractivity contribution in [1.29, 1.82) is 0 Å². The summed E-state index contributed by atoms with van der Waals surface area (Å²) in [5.41, 5.74) is 10.1. The number of hydrogen-bond donors (Lipinski definition) is 0. The number of rotatable bonds is 5. The molecule has 8 aromatic carbocycles. The molecule has 0 spiro atoms. The highest BCUT2D eigenvalue weighted by Gasteiger charge is 2.17. The van der Waals surface area contributed by atoms with E-state index in [1.54, 1.807) is 0 Å². The van der Waals surface area contributed by atoms with Gasteiger partial charge in [0.1, 0.15) is 0 Å². The summed E-state index contributed by atoms with van der Waals surface area (Å²) in [5, 5.41) is 8.20. The van der Waals surface area contributed by atoms with Crippen LogP contribution in [0.15, 0.2) is 188 Å². The van der Waals surface area contributed by atoms with Gasteiger partial charge in [-0.05, 0) is 67.7 Å². The van der Waals surface area contributed by atoms with E-state index in [1.165, 1.54) is 32.7 Å². The first-order valence-corrected chi connectivity index (χ1v) is 17.6. The van der Waals surface area contributed by atoms with Gasteiger partial charge in [0.2, 0.25) is 0 Å². The molecule has 0 bridgehead atoms. The predicted octanol–water partition coefficient (Wildman–Crippen LogP) is 12.8. The van der Waals surface area contributed by atoms with Crippen LogP contribution in [0.25, 0.3) is 99.5 Å². The lowest BCUT2D eigenvalue weighted by atomic mass is 9.94. The van der Waals surface area contributed by atoms with Crippen LogP contribution in [0.5, 0.6) is 0 Å². The Balaban J connectivity index is 1.18.